The number of ether oxygens (including phenoxy) is 2. The Morgan fingerprint density at radius 3 is 2.57 bits per heavy atom. The molecule has 0 aliphatic heterocycles. The van der Waals surface area contributed by atoms with Crippen LogP contribution in [0.15, 0.2) is 45.1 Å². The first-order valence-corrected chi connectivity index (χ1v) is 15.7. The predicted molar refractivity (Wildman–Crippen MR) is 169 cm³/mol. The van der Waals surface area contributed by atoms with Crippen molar-refractivity contribution in [1.29, 1.82) is 0 Å². The van der Waals surface area contributed by atoms with Gasteiger partial charge >= 0.3 is 6.09 Å². The molecule has 6 N–H and O–H groups in total. The Labute approximate surface area is 268 Å². The molecule has 0 saturated carbocycles. The van der Waals surface area contributed by atoms with Gasteiger partial charge in [-0.1, -0.05) is 6.07 Å². The van der Waals surface area contributed by atoms with Gasteiger partial charge in [0.2, 0.25) is 11.8 Å². The zero-order chi connectivity index (χ0) is 32.9. The fourth-order valence-electron chi connectivity index (χ4n) is 3.42. The molecule has 0 aliphatic carbocycles. The van der Waals surface area contributed by atoms with E-state index >= 15 is 0 Å². The van der Waals surface area contributed by atoms with Crippen molar-refractivity contribution in [3.63, 3.8) is 0 Å². The molecule has 0 aliphatic rings. The second kappa shape index (κ2) is 16.9. The lowest BCUT2D eigenvalue weighted by molar-refractivity contribution is -0.136. The van der Waals surface area contributed by atoms with Gasteiger partial charge in [0.1, 0.15) is 30.5 Å². The first kappa shape index (κ1) is 36.4. The van der Waals surface area contributed by atoms with Crippen LogP contribution in [0.25, 0.3) is 0 Å². The highest BCUT2D eigenvalue weighted by molar-refractivity contribution is 14.1. The standard InChI is InChI=1S/C26H36IN7O9S/c1-16-11-17(22(24(37)32-16)34-44(39,40)19-8-6-7-18(27)13-19)12-21(35)29-15-41-20(23(36)28-5)9-10-42-31-14-30-33-25(38)43-26(2,3)4/h6-8,11,13-14,20,34H,9-10,12,15H2,1-5H3,(H,28,36)(H,29,35)(H,30,31)(H,32,37)(H,33,38)/t20-/m0/s1. The number of sulfonamides is 1. The Hall–Kier alpha value is -3.75. The Kier molecular flexibility index (Phi) is 14.0. The molecular formula is C26H36IN7O9S. The summed E-state index contributed by atoms with van der Waals surface area (Å²) in [5.41, 5.74) is 3.39. The molecule has 1 aromatic heterocycles. The van der Waals surface area contributed by atoms with Gasteiger partial charge in [0.05, 0.1) is 17.9 Å². The van der Waals surface area contributed by atoms with E-state index in [1.54, 1.807) is 39.8 Å². The normalized spacial score (nSPS) is 12.3. The van der Waals surface area contributed by atoms with Gasteiger partial charge in [-0.15, -0.1) is 0 Å². The summed E-state index contributed by atoms with van der Waals surface area (Å²) >= 11 is 1.97. The zero-order valence-corrected chi connectivity index (χ0v) is 27.8. The van der Waals surface area contributed by atoms with Gasteiger partial charge in [-0.25, -0.2) is 18.6 Å². The molecule has 44 heavy (non-hydrogen) atoms. The monoisotopic (exact) mass is 749 g/mol. The van der Waals surface area contributed by atoms with Crippen LogP contribution in [0.2, 0.25) is 0 Å². The second-order valence-corrected chi connectivity index (χ2v) is 13.0. The molecule has 0 unspecified atom stereocenters. The van der Waals surface area contributed by atoms with E-state index in [0.717, 1.165) is 6.34 Å². The Morgan fingerprint density at radius 1 is 1.18 bits per heavy atom. The van der Waals surface area contributed by atoms with E-state index in [0.29, 0.717) is 9.26 Å². The molecule has 0 fully saturated rings. The molecule has 2 aromatic rings. The van der Waals surface area contributed by atoms with Crippen molar-refractivity contribution in [2.75, 3.05) is 25.1 Å². The van der Waals surface area contributed by atoms with Gasteiger partial charge in [0, 0.05) is 22.7 Å². The fraction of sp³-hybridized carbons (Fsp3) is 0.423. The maximum atomic E-state index is 12.9. The smallest absolute Gasteiger partial charge is 0.428 e. The number of hydrogen-bond donors (Lipinski definition) is 6. The van der Waals surface area contributed by atoms with Crippen molar-refractivity contribution in [2.45, 2.75) is 57.1 Å². The van der Waals surface area contributed by atoms with E-state index in [1.165, 1.54) is 25.2 Å². The number of aryl methyl sites for hydroxylation is 1. The maximum absolute atomic E-state index is 12.9. The van der Waals surface area contributed by atoms with E-state index < -0.39 is 45.2 Å². The molecule has 1 heterocycles. The summed E-state index contributed by atoms with van der Waals surface area (Å²) in [7, 11) is -2.71. The van der Waals surface area contributed by atoms with Gasteiger partial charge in [-0.05, 0) is 80.1 Å². The minimum atomic E-state index is -4.12. The Bertz CT molecular complexity index is 1510. The molecule has 0 saturated heterocycles. The minimum absolute atomic E-state index is 0.0134. The third kappa shape index (κ3) is 12.9. The summed E-state index contributed by atoms with van der Waals surface area (Å²) in [6, 6.07) is 7.60. The quantitative estimate of drug-likeness (QED) is 0.0382. The summed E-state index contributed by atoms with van der Waals surface area (Å²) in [5.74, 6) is -1.06. The number of amides is 3. The summed E-state index contributed by atoms with van der Waals surface area (Å²) in [6.45, 7) is 6.33. The van der Waals surface area contributed by atoms with Crippen LogP contribution >= 0.6 is 22.6 Å². The van der Waals surface area contributed by atoms with Gasteiger partial charge in [-0.3, -0.25) is 29.4 Å². The van der Waals surface area contributed by atoms with Crippen LogP contribution in [0.1, 0.15) is 38.4 Å². The highest BCUT2D eigenvalue weighted by Gasteiger charge is 2.22. The van der Waals surface area contributed by atoms with Crippen LogP contribution in [-0.2, 0) is 40.3 Å². The van der Waals surface area contributed by atoms with Crippen molar-refractivity contribution in [2.24, 2.45) is 5.10 Å². The number of H-pyrrole nitrogens is 1. The Morgan fingerprint density at radius 2 is 1.91 bits per heavy atom. The number of hydrazone groups is 1. The van der Waals surface area contributed by atoms with E-state index in [2.05, 4.69) is 36.3 Å². The third-order valence-electron chi connectivity index (χ3n) is 5.27. The number of pyridine rings is 1. The lowest BCUT2D eigenvalue weighted by atomic mass is 10.1. The largest absolute Gasteiger partial charge is 0.443 e. The average molecular weight is 750 g/mol. The third-order valence-corrected chi connectivity index (χ3v) is 7.29. The summed E-state index contributed by atoms with van der Waals surface area (Å²) < 4.78 is 39.3. The number of nitrogens with one attached hydrogen (secondary N) is 6. The molecule has 0 bridgehead atoms. The van der Waals surface area contributed by atoms with E-state index in [1.807, 2.05) is 22.6 Å². The Balaban J connectivity index is 1.91. The maximum Gasteiger partial charge on any atom is 0.428 e. The highest BCUT2D eigenvalue weighted by Crippen LogP contribution is 2.19. The van der Waals surface area contributed by atoms with Crippen LogP contribution < -0.4 is 31.8 Å². The first-order chi connectivity index (χ1) is 20.6. The number of carbonyl (C=O) groups excluding carboxylic acids is 3. The topological polar surface area (TPSA) is 218 Å². The molecule has 0 spiro atoms. The molecular weight excluding hydrogens is 713 g/mol. The van der Waals surface area contributed by atoms with Gasteiger partial charge in [0.25, 0.3) is 15.6 Å². The average Bonchev–Trinajstić information content (AvgIpc) is 2.92. The molecule has 1 atom stereocenters. The molecule has 242 valence electrons. The number of hydroxylamine groups is 1. The summed E-state index contributed by atoms with van der Waals surface area (Å²) in [5, 5.41) is 8.52. The molecule has 3 amide bonds. The highest BCUT2D eigenvalue weighted by atomic mass is 127. The van der Waals surface area contributed by atoms with Gasteiger partial charge < -0.3 is 25.1 Å². The number of aromatic amines is 1. The summed E-state index contributed by atoms with van der Waals surface area (Å²) in [4.78, 5) is 56.7. The van der Waals surface area contributed by atoms with Crippen molar-refractivity contribution < 1.29 is 37.1 Å². The van der Waals surface area contributed by atoms with Crippen LogP contribution in [-0.4, -0.2) is 69.7 Å². The summed E-state index contributed by atoms with van der Waals surface area (Å²) in [6.07, 6.45) is -0.971. The van der Waals surface area contributed by atoms with E-state index in [-0.39, 0.29) is 42.3 Å². The molecule has 1 aromatic carbocycles. The number of hydrogen-bond acceptors (Lipinski definition) is 10. The molecule has 18 heteroatoms. The van der Waals surface area contributed by atoms with E-state index in [4.69, 9.17) is 14.3 Å². The number of rotatable bonds is 15. The lowest BCUT2D eigenvalue weighted by Gasteiger charge is -2.18. The van der Waals surface area contributed by atoms with Crippen molar-refractivity contribution >= 4 is 62.5 Å². The van der Waals surface area contributed by atoms with Crippen LogP contribution in [0.3, 0.4) is 0 Å². The number of nitrogens with zero attached hydrogens (tertiary/aromatic N) is 1. The number of anilines is 1. The molecule has 16 nitrogen and oxygen atoms in total. The first-order valence-electron chi connectivity index (χ1n) is 13.1. The minimum Gasteiger partial charge on any atom is -0.443 e. The molecule has 2 rings (SSSR count). The number of benzene rings is 1. The van der Waals surface area contributed by atoms with E-state index in [9.17, 15) is 27.6 Å². The lowest BCUT2D eigenvalue weighted by Crippen LogP contribution is -2.39. The number of aromatic nitrogens is 1. The zero-order valence-electron chi connectivity index (χ0n) is 24.8. The van der Waals surface area contributed by atoms with Crippen LogP contribution in [0.5, 0.6) is 0 Å². The van der Waals surface area contributed by atoms with Gasteiger partial charge in [0.15, 0.2) is 0 Å². The van der Waals surface area contributed by atoms with Crippen molar-refractivity contribution in [1.82, 2.24) is 26.5 Å². The van der Waals surface area contributed by atoms with Crippen molar-refractivity contribution in [3.05, 3.63) is 55.5 Å². The fourth-order valence-corrected chi connectivity index (χ4v) is 5.32. The predicted octanol–water partition coefficient (Wildman–Crippen LogP) is 1.22. The van der Waals surface area contributed by atoms with Crippen molar-refractivity contribution in [3.8, 4) is 0 Å². The van der Waals surface area contributed by atoms with Crippen LogP contribution in [0.4, 0.5) is 10.5 Å². The number of halogens is 1. The SMILES string of the molecule is CNC(=O)[C@H](CCONC=NNC(=O)OC(C)(C)C)OCNC(=O)Cc1cc(C)[nH]c(=O)c1NS(=O)(=O)c1cccc(I)c1. The number of carbonyl (C=O) groups is 3. The molecule has 0 radical (unpaired) electrons. The number of likely N-dealkylation sites (N-methyl/N-ethyl adjacent to an activating group) is 1. The van der Waals surface area contributed by atoms with Crippen LogP contribution in [0, 0.1) is 10.5 Å². The van der Waals surface area contributed by atoms with Gasteiger partial charge in [-0.2, -0.15) is 5.10 Å². The second-order valence-electron chi connectivity index (χ2n) is 10.1.